The molecule has 82 valence electrons. The zero-order chi connectivity index (χ0) is 11.7. The molecule has 16 heavy (non-hydrogen) atoms. The van der Waals surface area contributed by atoms with E-state index in [0.717, 1.165) is 36.1 Å². The fourth-order valence-electron chi connectivity index (χ4n) is 2.16. The van der Waals surface area contributed by atoms with Gasteiger partial charge in [-0.25, -0.2) is 9.78 Å². The smallest absolute Gasteiger partial charge is 0.358 e. The molecule has 0 saturated carbocycles. The van der Waals surface area contributed by atoms with Crippen molar-refractivity contribution in [2.45, 2.75) is 26.2 Å². The van der Waals surface area contributed by atoms with Crippen LogP contribution < -0.4 is 0 Å². The highest BCUT2D eigenvalue weighted by molar-refractivity contribution is 5.90. The van der Waals surface area contributed by atoms with Gasteiger partial charge in [0.15, 0.2) is 5.69 Å². The molecule has 2 rings (SSSR count). The molecule has 0 N–H and O–H groups in total. The molecule has 0 bridgehead atoms. The molecule has 0 radical (unpaired) electrons. The maximum atomic E-state index is 11.5. The van der Waals surface area contributed by atoms with Gasteiger partial charge in [-0.2, -0.15) is 5.26 Å². The summed E-state index contributed by atoms with van der Waals surface area (Å²) in [6, 6.07) is 2.05. The number of nitriles is 1. The Morgan fingerprint density at radius 3 is 2.88 bits per heavy atom. The van der Waals surface area contributed by atoms with Crippen molar-refractivity contribution >= 4 is 5.97 Å². The van der Waals surface area contributed by atoms with Crippen LogP contribution in [0.5, 0.6) is 0 Å². The topological polar surface area (TPSA) is 63.0 Å². The molecule has 0 aromatic carbocycles. The molecule has 1 aliphatic rings. The largest absolute Gasteiger partial charge is 0.464 e. The van der Waals surface area contributed by atoms with Gasteiger partial charge >= 0.3 is 5.97 Å². The summed E-state index contributed by atoms with van der Waals surface area (Å²) in [4.78, 5) is 15.8. The van der Waals surface area contributed by atoms with E-state index in [2.05, 4.69) is 9.72 Å². The minimum atomic E-state index is -0.533. The van der Waals surface area contributed by atoms with Crippen molar-refractivity contribution in [3.8, 4) is 6.07 Å². The van der Waals surface area contributed by atoms with Crippen LogP contribution in [-0.4, -0.2) is 18.1 Å². The lowest BCUT2D eigenvalue weighted by molar-refractivity contribution is 0.0593. The number of ether oxygens (including phenoxy) is 1. The predicted octanol–water partition coefficient (Wildman–Crippen LogP) is 1.54. The number of aromatic nitrogens is 1. The van der Waals surface area contributed by atoms with E-state index in [1.165, 1.54) is 7.11 Å². The summed E-state index contributed by atoms with van der Waals surface area (Å²) in [6.07, 6.45) is 2.87. The van der Waals surface area contributed by atoms with Crippen LogP contribution in [0, 0.1) is 18.3 Å². The molecule has 4 nitrogen and oxygen atoms in total. The molecule has 1 aromatic heterocycles. The summed E-state index contributed by atoms with van der Waals surface area (Å²) in [5, 5.41) is 9.08. The highest BCUT2D eigenvalue weighted by atomic mass is 16.5. The zero-order valence-electron chi connectivity index (χ0n) is 9.33. The maximum absolute atomic E-state index is 11.5. The predicted molar refractivity (Wildman–Crippen MR) is 57.1 cm³/mol. The summed E-state index contributed by atoms with van der Waals surface area (Å²) >= 11 is 0. The van der Waals surface area contributed by atoms with Crippen LogP contribution in [0.3, 0.4) is 0 Å². The molecular formula is C12H12N2O2. The Labute approximate surface area is 93.9 Å². The third kappa shape index (κ3) is 1.45. The second-order valence-corrected chi connectivity index (χ2v) is 3.84. The van der Waals surface area contributed by atoms with Crippen molar-refractivity contribution in [1.82, 2.24) is 4.98 Å². The molecule has 1 aliphatic carbocycles. The van der Waals surface area contributed by atoms with Crippen LogP contribution in [0.4, 0.5) is 0 Å². The van der Waals surface area contributed by atoms with Gasteiger partial charge in [0.1, 0.15) is 6.07 Å². The fraction of sp³-hybridized carbons (Fsp3) is 0.417. The van der Waals surface area contributed by atoms with Gasteiger partial charge in [0.05, 0.1) is 12.7 Å². The van der Waals surface area contributed by atoms with Crippen LogP contribution in [0.1, 0.15) is 39.3 Å². The third-order valence-corrected chi connectivity index (χ3v) is 2.99. The Kier molecular flexibility index (Phi) is 2.61. The van der Waals surface area contributed by atoms with Crippen LogP contribution in [-0.2, 0) is 17.6 Å². The van der Waals surface area contributed by atoms with E-state index in [4.69, 9.17) is 5.26 Å². The van der Waals surface area contributed by atoms with Gasteiger partial charge < -0.3 is 4.74 Å². The standard InChI is InChI=1S/C12H12N2O2/c1-7-8-4-3-5-10(8)14-11(9(7)6-13)12(15)16-2/h3-5H2,1-2H3. The lowest BCUT2D eigenvalue weighted by atomic mass is 10.0. The van der Waals surface area contributed by atoms with Crippen LogP contribution >= 0.6 is 0 Å². The van der Waals surface area contributed by atoms with E-state index in [0.29, 0.717) is 5.56 Å². The average molecular weight is 216 g/mol. The molecule has 0 atom stereocenters. The number of rotatable bonds is 1. The summed E-state index contributed by atoms with van der Waals surface area (Å²) in [7, 11) is 1.30. The Balaban J connectivity index is 2.67. The van der Waals surface area contributed by atoms with Crippen LogP contribution in [0.25, 0.3) is 0 Å². The average Bonchev–Trinajstić information content (AvgIpc) is 2.76. The molecule has 0 amide bonds. The molecule has 1 aromatic rings. The van der Waals surface area contributed by atoms with E-state index in [1.54, 1.807) is 0 Å². The maximum Gasteiger partial charge on any atom is 0.358 e. The highest BCUT2D eigenvalue weighted by Crippen LogP contribution is 2.27. The van der Waals surface area contributed by atoms with E-state index < -0.39 is 5.97 Å². The SMILES string of the molecule is COC(=O)c1nc2c(c(C)c1C#N)CCC2. The number of carbonyl (C=O) groups is 1. The quantitative estimate of drug-likeness (QED) is 0.668. The van der Waals surface area contributed by atoms with E-state index >= 15 is 0 Å². The second-order valence-electron chi connectivity index (χ2n) is 3.84. The van der Waals surface area contributed by atoms with Crippen molar-refractivity contribution in [2.75, 3.05) is 7.11 Å². The molecule has 0 fully saturated rings. The summed E-state index contributed by atoms with van der Waals surface area (Å²) in [5.41, 5.74) is 3.46. The second kappa shape index (κ2) is 3.93. The number of nitrogens with zero attached hydrogens (tertiary/aromatic N) is 2. The van der Waals surface area contributed by atoms with E-state index in [-0.39, 0.29) is 5.69 Å². The minimum Gasteiger partial charge on any atom is -0.464 e. The minimum absolute atomic E-state index is 0.156. The van der Waals surface area contributed by atoms with E-state index in [9.17, 15) is 4.79 Å². The first kappa shape index (κ1) is 10.6. The molecular weight excluding hydrogens is 204 g/mol. The summed E-state index contributed by atoms with van der Waals surface area (Å²) < 4.78 is 4.64. The Hall–Kier alpha value is -1.89. The van der Waals surface area contributed by atoms with Crippen LogP contribution in [0.2, 0.25) is 0 Å². The van der Waals surface area contributed by atoms with Gasteiger partial charge in [0.25, 0.3) is 0 Å². The van der Waals surface area contributed by atoms with Crippen molar-refractivity contribution in [3.05, 3.63) is 28.1 Å². The Bertz CT molecular complexity index is 501. The number of pyridine rings is 1. The lowest BCUT2D eigenvalue weighted by Crippen LogP contribution is -2.11. The van der Waals surface area contributed by atoms with Crippen molar-refractivity contribution < 1.29 is 9.53 Å². The first-order chi connectivity index (χ1) is 7.69. The first-order valence-corrected chi connectivity index (χ1v) is 5.19. The van der Waals surface area contributed by atoms with Gasteiger partial charge in [-0.1, -0.05) is 0 Å². The molecule has 0 saturated heterocycles. The monoisotopic (exact) mass is 216 g/mol. The van der Waals surface area contributed by atoms with Gasteiger partial charge in [-0.05, 0) is 37.3 Å². The van der Waals surface area contributed by atoms with Gasteiger partial charge in [0.2, 0.25) is 0 Å². The van der Waals surface area contributed by atoms with Gasteiger partial charge in [0, 0.05) is 5.69 Å². The number of hydrogen-bond donors (Lipinski definition) is 0. The summed E-state index contributed by atoms with van der Waals surface area (Å²) in [5.74, 6) is -0.533. The fourth-order valence-corrected chi connectivity index (χ4v) is 2.16. The number of methoxy groups -OCH3 is 1. The molecule has 0 spiro atoms. The number of aryl methyl sites for hydroxylation is 1. The van der Waals surface area contributed by atoms with Crippen LogP contribution in [0.15, 0.2) is 0 Å². The number of carbonyl (C=O) groups excluding carboxylic acids is 1. The van der Waals surface area contributed by atoms with Crippen molar-refractivity contribution in [2.24, 2.45) is 0 Å². The van der Waals surface area contributed by atoms with Gasteiger partial charge in [-0.15, -0.1) is 0 Å². The first-order valence-electron chi connectivity index (χ1n) is 5.19. The normalized spacial score (nSPS) is 13.1. The third-order valence-electron chi connectivity index (χ3n) is 2.99. The summed E-state index contributed by atoms with van der Waals surface area (Å²) in [6.45, 7) is 1.87. The zero-order valence-corrected chi connectivity index (χ0v) is 9.33. The van der Waals surface area contributed by atoms with Crippen molar-refractivity contribution in [1.29, 1.82) is 5.26 Å². The number of hydrogen-bond acceptors (Lipinski definition) is 4. The Morgan fingerprint density at radius 2 is 2.25 bits per heavy atom. The lowest BCUT2D eigenvalue weighted by Gasteiger charge is -2.09. The number of esters is 1. The molecule has 0 unspecified atom stereocenters. The Morgan fingerprint density at radius 1 is 1.50 bits per heavy atom. The molecule has 4 heteroatoms. The molecule has 0 aliphatic heterocycles. The molecule has 1 heterocycles. The highest BCUT2D eigenvalue weighted by Gasteiger charge is 2.24. The number of fused-ring (bicyclic) bond motifs is 1. The van der Waals surface area contributed by atoms with E-state index in [1.807, 2.05) is 13.0 Å². The van der Waals surface area contributed by atoms with Crippen molar-refractivity contribution in [3.63, 3.8) is 0 Å². The van der Waals surface area contributed by atoms with Gasteiger partial charge in [-0.3, -0.25) is 0 Å².